The maximum atomic E-state index is 11.0. The molecule has 1 rings (SSSR count). The molecule has 0 aromatic heterocycles. The molecule has 3 heteroatoms. The van der Waals surface area contributed by atoms with Gasteiger partial charge in [0, 0.05) is 12.6 Å². The van der Waals surface area contributed by atoms with Crippen molar-refractivity contribution in [3.8, 4) is 0 Å². The molecule has 18 heavy (non-hydrogen) atoms. The van der Waals surface area contributed by atoms with Crippen molar-refractivity contribution in [3.63, 3.8) is 0 Å². The minimum Gasteiger partial charge on any atom is -0.480 e. The van der Waals surface area contributed by atoms with Crippen LogP contribution in [0.4, 0.5) is 0 Å². The van der Waals surface area contributed by atoms with Crippen molar-refractivity contribution < 1.29 is 9.90 Å². The standard InChI is InChI=1S/C15H29NO2/c1-4-13-6-5-7-14(9-8-13)16(10-12(2)3)11-15(17)18/h12-14H,4-11H2,1-3H3,(H,17,18). The predicted octanol–water partition coefficient (Wildman–Crippen LogP) is 3.39. The van der Waals surface area contributed by atoms with E-state index in [0.717, 1.165) is 12.5 Å². The molecule has 106 valence electrons. The summed E-state index contributed by atoms with van der Waals surface area (Å²) in [7, 11) is 0. The molecule has 0 saturated heterocycles. The third kappa shape index (κ3) is 5.38. The molecule has 1 N–H and O–H groups in total. The summed E-state index contributed by atoms with van der Waals surface area (Å²) in [6, 6.07) is 0.486. The van der Waals surface area contributed by atoms with Gasteiger partial charge in [0.05, 0.1) is 6.54 Å². The van der Waals surface area contributed by atoms with E-state index in [1.165, 1.54) is 38.5 Å². The molecule has 1 saturated carbocycles. The van der Waals surface area contributed by atoms with Gasteiger partial charge in [-0.05, 0) is 31.1 Å². The number of aliphatic carboxylic acids is 1. The summed E-state index contributed by atoms with van der Waals surface area (Å²) in [6.07, 6.45) is 7.49. The van der Waals surface area contributed by atoms with Crippen LogP contribution in [-0.2, 0) is 4.79 Å². The zero-order valence-electron chi connectivity index (χ0n) is 12.2. The second-order valence-electron chi connectivity index (χ2n) is 6.15. The van der Waals surface area contributed by atoms with Crippen molar-refractivity contribution >= 4 is 5.97 Å². The van der Waals surface area contributed by atoms with Gasteiger partial charge in [0.1, 0.15) is 0 Å². The molecule has 0 aromatic rings. The highest BCUT2D eigenvalue weighted by Crippen LogP contribution is 2.28. The van der Waals surface area contributed by atoms with Crippen molar-refractivity contribution in [1.82, 2.24) is 4.90 Å². The van der Waals surface area contributed by atoms with Crippen LogP contribution < -0.4 is 0 Å². The summed E-state index contributed by atoms with van der Waals surface area (Å²) in [5.41, 5.74) is 0. The highest BCUT2D eigenvalue weighted by molar-refractivity contribution is 5.69. The van der Waals surface area contributed by atoms with Crippen LogP contribution in [0.15, 0.2) is 0 Å². The Bertz CT molecular complexity index is 253. The molecule has 1 aliphatic carbocycles. The van der Waals surface area contributed by atoms with Crippen molar-refractivity contribution in [2.75, 3.05) is 13.1 Å². The molecular formula is C15H29NO2. The van der Waals surface area contributed by atoms with E-state index in [0.29, 0.717) is 12.0 Å². The van der Waals surface area contributed by atoms with E-state index in [9.17, 15) is 4.79 Å². The zero-order chi connectivity index (χ0) is 13.5. The molecule has 2 atom stereocenters. The van der Waals surface area contributed by atoms with E-state index in [1.807, 2.05) is 0 Å². The fraction of sp³-hybridized carbons (Fsp3) is 0.933. The van der Waals surface area contributed by atoms with Crippen molar-refractivity contribution in [2.24, 2.45) is 11.8 Å². The maximum Gasteiger partial charge on any atom is 0.317 e. The minimum absolute atomic E-state index is 0.208. The third-order valence-electron chi connectivity index (χ3n) is 4.09. The number of carboxylic acids is 1. The Morgan fingerprint density at radius 1 is 1.28 bits per heavy atom. The van der Waals surface area contributed by atoms with Crippen LogP contribution in [0.25, 0.3) is 0 Å². The van der Waals surface area contributed by atoms with E-state index >= 15 is 0 Å². The Kier molecular flexibility index (Phi) is 6.69. The number of hydrogen-bond donors (Lipinski definition) is 1. The molecule has 3 nitrogen and oxygen atoms in total. The second kappa shape index (κ2) is 7.78. The Balaban J connectivity index is 2.57. The normalized spacial score (nSPS) is 25.4. The minimum atomic E-state index is -0.688. The SMILES string of the molecule is CCC1CCCC(N(CC(=O)O)CC(C)C)CC1. The van der Waals surface area contributed by atoms with E-state index in [-0.39, 0.29) is 6.54 Å². The van der Waals surface area contributed by atoms with Gasteiger partial charge in [-0.2, -0.15) is 0 Å². The van der Waals surface area contributed by atoms with Crippen molar-refractivity contribution in [1.29, 1.82) is 0 Å². The lowest BCUT2D eigenvalue weighted by atomic mass is 9.97. The van der Waals surface area contributed by atoms with Crippen LogP contribution in [0.3, 0.4) is 0 Å². The largest absolute Gasteiger partial charge is 0.480 e. The molecule has 0 spiro atoms. The van der Waals surface area contributed by atoms with Gasteiger partial charge < -0.3 is 5.11 Å². The highest BCUT2D eigenvalue weighted by Gasteiger charge is 2.24. The molecule has 0 aliphatic heterocycles. The Morgan fingerprint density at radius 3 is 2.56 bits per heavy atom. The lowest BCUT2D eigenvalue weighted by molar-refractivity contribution is -0.139. The van der Waals surface area contributed by atoms with Crippen LogP contribution in [0.5, 0.6) is 0 Å². The van der Waals surface area contributed by atoms with Gasteiger partial charge >= 0.3 is 5.97 Å². The molecular weight excluding hydrogens is 226 g/mol. The predicted molar refractivity (Wildman–Crippen MR) is 74.7 cm³/mol. The number of carbonyl (C=O) groups is 1. The summed E-state index contributed by atoms with van der Waals surface area (Å²) in [5.74, 6) is 0.710. The quantitative estimate of drug-likeness (QED) is 0.740. The van der Waals surface area contributed by atoms with Gasteiger partial charge in [0.25, 0.3) is 0 Å². The molecule has 0 amide bonds. The van der Waals surface area contributed by atoms with E-state index in [2.05, 4.69) is 25.7 Å². The monoisotopic (exact) mass is 255 g/mol. The van der Waals surface area contributed by atoms with E-state index in [1.54, 1.807) is 0 Å². The Hall–Kier alpha value is -0.570. The summed E-state index contributed by atoms with van der Waals surface area (Å²) in [4.78, 5) is 13.2. The maximum absolute atomic E-state index is 11.0. The molecule has 0 heterocycles. The first-order valence-corrected chi connectivity index (χ1v) is 7.48. The highest BCUT2D eigenvalue weighted by atomic mass is 16.4. The van der Waals surface area contributed by atoms with Gasteiger partial charge in [-0.25, -0.2) is 0 Å². The first kappa shape index (κ1) is 15.5. The van der Waals surface area contributed by atoms with Crippen molar-refractivity contribution in [2.45, 2.75) is 65.3 Å². The first-order chi connectivity index (χ1) is 8.52. The van der Waals surface area contributed by atoms with Crippen molar-refractivity contribution in [3.05, 3.63) is 0 Å². The van der Waals surface area contributed by atoms with Gasteiger partial charge in [-0.3, -0.25) is 9.69 Å². The number of carboxylic acid groups (broad SMARTS) is 1. The molecule has 0 aromatic carbocycles. The summed E-state index contributed by atoms with van der Waals surface area (Å²) in [6.45, 7) is 7.72. The van der Waals surface area contributed by atoms with E-state index in [4.69, 9.17) is 5.11 Å². The molecule has 0 radical (unpaired) electrons. The number of rotatable bonds is 6. The average molecular weight is 255 g/mol. The fourth-order valence-electron chi connectivity index (χ4n) is 3.12. The van der Waals surface area contributed by atoms with Gasteiger partial charge in [0.15, 0.2) is 0 Å². The average Bonchev–Trinajstić information content (AvgIpc) is 2.51. The Labute approximate surface area is 112 Å². The van der Waals surface area contributed by atoms with Gasteiger partial charge in [-0.1, -0.05) is 40.0 Å². The van der Waals surface area contributed by atoms with Crippen LogP contribution in [0.1, 0.15) is 59.3 Å². The molecule has 1 aliphatic rings. The van der Waals surface area contributed by atoms with Crippen LogP contribution in [0, 0.1) is 11.8 Å². The summed E-state index contributed by atoms with van der Waals surface area (Å²) < 4.78 is 0. The zero-order valence-corrected chi connectivity index (χ0v) is 12.2. The third-order valence-corrected chi connectivity index (χ3v) is 4.09. The molecule has 0 bridgehead atoms. The summed E-state index contributed by atoms with van der Waals surface area (Å²) >= 11 is 0. The first-order valence-electron chi connectivity index (χ1n) is 7.48. The fourth-order valence-corrected chi connectivity index (χ4v) is 3.12. The second-order valence-corrected chi connectivity index (χ2v) is 6.15. The van der Waals surface area contributed by atoms with Gasteiger partial charge in [0.2, 0.25) is 0 Å². The number of nitrogens with zero attached hydrogens (tertiary/aromatic N) is 1. The topological polar surface area (TPSA) is 40.5 Å². The summed E-state index contributed by atoms with van der Waals surface area (Å²) in [5, 5.41) is 9.05. The lowest BCUT2D eigenvalue weighted by Crippen LogP contribution is -2.41. The lowest BCUT2D eigenvalue weighted by Gasteiger charge is -2.31. The number of hydrogen-bond acceptors (Lipinski definition) is 2. The van der Waals surface area contributed by atoms with Crippen LogP contribution in [-0.4, -0.2) is 35.1 Å². The molecule has 2 unspecified atom stereocenters. The van der Waals surface area contributed by atoms with Gasteiger partial charge in [-0.15, -0.1) is 0 Å². The van der Waals surface area contributed by atoms with Crippen LogP contribution in [0.2, 0.25) is 0 Å². The van der Waals surface area contributed by atoms with Crippen LogP contribution >= 0.6 is 0 Å². The van der Waals surface area contributed by atoms with E-state index < -0.39 is 5.97 Å². The molecule has 1 fully saturated rings. The Morgan fingerprint density at radius 2 is 2.00 bits per heavy atom. The smallest absolute Gasteiger partial charge is 0.317 e.